The lowest BCUT2D eigenvalue weighted by Crippen LogP contribution is -2.48. The molecule has 0 aliphatic heterocycles. The number of carbonyl (C=O) groups excluding carboxylic acids is 3. The minimum absolute atomic E-state index is 0.0134. The Labute approximate surface area is 164 Å². The van der Waals surface area contributed by atoms with Crippen LogP contribution in [0.5, 0.6) is 0 Å². The van der Waals surface area contributed by atoms with Gasteiger partial charge in [-0.2, -0.15) is 0 Å². The predicted molar refractivity (Wildman–Crippen MR) is 103 cm³/mol. The van der Waals surface area contributed by atoms with Gasteiger partial charge >= 0.3 is 5.97 Å². The van der Waals surface area contributed by atoms with E-state index in [1.54, 1.807) is 0 Å². The molecule has 3 amide bonds. The SMILES string of the molecule is NC(=O)CN(CCCC(=O)NCCCC(=O)O)C(=O)[C@@H](N)Cc1ccccc1. The van der Waals surface area contributed by atoms with E-state index in [1.807, 2.05) is 30.3 Å². The van der Waals surface area contributed by atoms with E-state index in [2.05, 4.69) is 5.32 Å². The smallest absolute Gasteiger partial charge is 0.303 e. The number of nitrogens with two attached hydrogens (primary N) is 2. The highest BCUT2D eigenvalue weighted by atomic mass is 16.4. The van der Waals surface area contributed by atoms with E-state index >= 15 is 0 Å². The number of hydrogen-bond donors (Lipinski definition) is 4. The van der Waals surface area contributed by atoms with E-state index in [1.165, 1.54) is 4.90 Å². The molecule has 9 heteroatoms. The average molecular weight is 392 g/mol. The number of hydrogen-bond acceptors (Lipinski definition) is 5. The van der Waals surface area contributed by atoms with Gasteiger partial charge in [0, 0.05) is 25.9 Å². The Morgan fingerprint density at radius 1 is 1.07 bits per heavy atom. The van der Waals surface area contributed by atoms with Gasteiger partial charge < -0.3 is 26.8 Å². The first-order valence-electron chi connectivity index (χ1n) is 9.14. The number of carboxylic acid groups (broad SMARTS) is 1. The van der Waals surface area contributed by atoms with E-state index in [-0.39, 0.29) is 38.4 Å². The van der Waals surface area contributed by atoms with Crippen molar-refractivity contribution in [3.8, 4) is 0 Å². The van der Waals surface area contributed by atoms with Gasteiger partial charge in [-0.3, -0.25) is 19.2 Å². The lowest BCUT2D eigenvalue weighted by atomic mass is 10.1. The predicted octanol–water partition coefficient (Wildman–Crippen LogP) is -0.368. The van der Waals surface area contributed by atoms with Gasteiger partial charge in [-0.25, -0.2) is 0 Å². The molecule has 0 aliphatic rings. The number of rotatable bonds is 13. The minimum Gasteiger partial charge on any atom is -0.481 e. The molecule has 0 unspecified atom stereocenters. The lowest BCUT2D eigenvalue weighted by molar-refractivity contribution is -0.137. The number of nitrogens with one attached hydrogen (secondary N) is 1. The molecule has 1 atom stereocenters. The minimum atomic E-state index is -0.915. The van der Waals surface area contributed by atoms with Crippen molar-refractivity contribution in [2.24, 2.45) is 11.5 Å². The zero-order valence-corrected chi connectivity index (χ0v) is 15.8. The summed E-state index contributed by atoms with van der Waals surface area (Å²) in [6.07, 6.45) is 1.15. The molecule has 28 heavy (non-hydrogen) atoms. The van der Waals surface area contributed by atoms with E-state index in [0.717, 1.165) is 5.56 Å². The molecular weight excluding hydrogens is 364 g/mol. The molecule has 0 spiro atoms. The third-order valence-corrected chi connectivity index (χ3v) is 4.00. The summed E-state index contributed by atoms with van der Waals surface area (Å²) in [5.41, 5.74) is 12.1. The first-order valence-corrected chi connectivity index (χ1v) is 9.14. The van der Waals surface area contributed by atoms with Crippen molar-refractivity contribution in [2.45, 2.75) is 38.1 Å². The second kappa shape index (κ2) is 12.4. The number of aliphatic carboxylic acids is 1. The number of benzene rings is 1. The second-order valence-corrected chi connectivity index (χ2v) is 6.47. The number of amides is 3. The molecule has 0 saturated carbocycles. The van der Waals surface area contributed by atoms with Crippen LogP contribution in [-0.4, -0.2) is 59.4 Å². The molecule has 1 rings (SSSR count). The van der Waals surface area contributed by atoms with Gasteiger partial charge in [0.05, 0.1) is 12.6 Å². The van der Waals surface area contributed by atoms with Crippen LogP contribution >= 0.6 is 0 Å². The Bertz CT molecular complexity index is 666. The topological polar surface area (TPSA) is 156 Å². The molecule has 0 heterocycles. The zero-order chi connectivity index (χ0) is 20.9. The van der Waals surface area contributed by atoms with Crippen molar-refractivity contribution in [3.63, 3.8) is 0 Å². The highest BCUT2D eigenvalue weighted by molar-refractivity contribution is 5.87. The second-order valence-electron chi connectivity index (χ2n) is 6.47. The lowest BCUT2D eigenvalue weighted by Gasteiger charge is -2.24. The third kappa shape index (κ3) is 9.67. The molecule has 6 N–H and O–H groups in total. The maximum absolute atomic E-state index is 12.6. The molecule has 1 aromatic rings. The van der Waals surface area contributed by atoms with Gasteiger partial charge in [0.2, 0.25) is 17.7 Å². The summed E-state index contributed by atoms with van der Waals surface area (Å²) in [4.78, 5) is 47.3. The molecule has 154 valence electrons. The van der Waals surface area contributed by atoms with Crippen LogP contribution in [0.15, 0.2) is 30.3 Å². The van der Waals surface area contributed by atoms with E-state index in [4.69, 9.17) is 16.6 Å². The molecule has 0 bridgehead atoms. The number of carboxylic acids is 1. The summed E-state index contributed by atoms with van der Waals surface area (Å²) < 4.78 is 0. The van der Waals surface area contributed by atoms with Crippen molar-refractivity contribution < 1.29 is 24.3 Å². The Morgan fingerprint density at radius 2 is 1.75 bits per heavy atom. The van der Waals surface area contributed by atoms with Gasteiger partial charge in [0.15, 0.2) is 0 Å². The van der Waals surface area contributed by atoms with Crippen LogP contribution in [0.2, 0.25) is 0 Å². The highest BCUT2D eigenvalue weighted by Crippen LogP contribution is 2.06. The Morgan fingerprint density at radius 3 is 2.36 bits per heavy atom. The maximum atomic E-state index is 12.6. The van der Waals surface area contributed by atoms with Crippen LogP contribution in [0.4, 0.5) is 0 Å². The summed E-state index contributed by atoms with van der Waals surface area (Å²) in [7, 11) is 0. The molecule has 1 aromatic carbocycles. The van der Waals surface area contributed by atoms with Crippen LogP contribution in [0.3, 0.4) is 0 Å². The van der Waals surface area contributed by atoms with Crippen molar-refractivity contribution in [1.82, 2.24) is 10.2 Å². The van der Waals surface area contributed by atoms with Gasteiger partial charge in [-0.1, -0.05) is 30.3 Å². The summed E-state index contributed by atoms with van der Waals surface area (Å²) in [6, 6.07) is 8.47. The van der Waals surface area contributed by atoms with Crippen molar-refractivity contribution in [3.05, 3.63) is 35.9 Å². The molecular formula is C19H28N4O5. The Balaban J connectivity index is 2.46. The largest absolute Gasteiger partial charge is 0.481 e. The zero-order valence-electron chi connectivity index (χ0n) is 15.8. The fourth-order valence-electron chi connectivity index (χ4n) is 2.63. The summed E-state index contributed by atoms with van der Waals surface area (Å²) in [5.74, 6) is -2.21. The molecule has 0 radical (unpaired) electrons. The Kier molecular flexibility index (Phi) is 10.3. The van der Waals surface area contributed by atoms with Gasteiger partial charge in [-0.05, 0) is 24.8 Å². The molecule has 0 aliphatic carbocycles. The van der Waals surface area contributed by atoms with Crippen LogP contribution in [-0.2, 0) is 25.6 Å². The van der Waals surface area contributed by atoms with Crippen molar-refractivity contribution in [1.29, 1.82) is 0 Å². The van der Waals surface area contributed by atoms with E-state index in [0.29, 0.717) is 19.3 Å². The molecule has 0 saturated heterocycles. The van der Waals surface area contributed by atoms with Crippen molar-refractivity contribution in [2.75, 3.05) is 19.6 Å². The maximum Gasteiger partial charge on any atom is 0.303 e. The number of nitrogens with zero attached hydrogens (tertiary/aromatic N) is 1. The van der Waals surface area contributed by atoms with Gasteiger partial charge in [-0.15, -0.1) is 0 Å². The normalized spacial score (nSPS) is 11.5. The monoisotopic (exact) mass is 392 g/mol. The third-order valence-electron chi connectivity index (χ3n) is 4.00. The molecule has 0 aromatic heterocycles. The number of primary amides is 1. The van der Waals surface area contributed by atoms with Crippen LogP contribution in [0, 0.1) is 0 Å². The van der Waals surface area contributed by atoms with Crippen LogP contribution < -0.4 is 16.8 Å². The van der Waals surface area contributed by atoms with Crippen LogP contribution in [0.1, 0.15) is 31.2 Å². The molecule has 9 nitrogen and oxygen atoms in total. The highest BCUT2D eigenvalue weighted by Gasteiger charge is 2.22. The fourth-order valence-corrected chi connectivity index (χ4v) is 2.63. The van der Waals surface area contributed by atoms with E-state index < -0.39 is 23.8 Å². The quantitative estimate of drug-likeness (QED) is 0.336. The van der Waals surface area contributed by atoms with E-state index in [9.17, 15) is 19.2 Å². The van der Waals surface area contributed by atoms with Crippen molar-refractivity contribution >= 4 is 23.7 Å². The van der Waals surface area contributed by atoms with Gasteiger partial charge in [0.1, 0.15) is 0 Å². The summed E-state index contributed by atoms with van der Waals surface area (Å²) in [5, 5.41) is 11.2. The summed E-state index contributed by atoms with van der Waals surface area (Å²) >= 11 is 0. The summed E-state index contributed by atoms with van der Waals surface area (Å²) in [6.45, 7) is 0.186. The molecule has 0 fully saturated rings. The van der Waals surface area contributed by atoms with Crippen LogP contribution in [0.25, 0.3) is 0 Å². The first kappa shape index (κ1) is 23.1. The van der Waals surface area contributed by atoms with Gasteiger partial charge in [0.25, 0.3) is 0 Å². The first-order chi connectivity index (χ1) is 13.3. The number of carbonyl (C=O) groups is 4. The fraction of sp³-hybridized carbons (Fsp3) is 0.474. The average Bonchev–Trinajstić information content (AvgIpc) is 2.64. The Hall–Kier alpha value is -2.94. The standard InChI is InChI=1S/C19H28N4O5/c20-15(12-14-6-2-1-3-7-14)19(28)23(13-16(21)24)11-5-8-17(25)22-10-4-9-18(26)27/h1-3,6-7,15H,4-5,8-13,20H2,(H2,21,24)(H,22,25)(H,26,27)/t15-/m0/s1.